The van der Waals surface area contributed by atoms with Gasteiger partial charge in [-0.25, -0.2) is 0 Å². The van der Waals surface area contributed by atoms with Crippen LogP contribution in [0.5, 0.6) is 0 Å². The summed E-state index contributed by atoms with van der Waals surface area (Å²) < 4.78 is 0.769. The van der Waals surface area contributed by atoms with Gasteiger partial charge < -0.3 is 11.1 Å². The second kappa shape index (κ2) is 5.95. The Labute approximate surface area is 123 Å². The van der Waals surface area contributed by atoms with Crippen LogP contribution in [0.15, 0.2) is 22.7 Å². The molecule has 1 fully saturated rings. The Morgan fingerprint density at radius 3 is 2.79 bits per heavy atom. The van der Waals surface area contributed by atoms with Crippen LogP contribution in [0.3, 0.4) is 0 Å². The molecule has 0 aromatic heterocycles. The summed E-state index contributed by atoms with van der Waals surface area (Å²) in [6.07, 6.45) is 3.54. The number of hydrogen-bond donors (Lipinski definition) is 2. The lowest BCUT2D eigenvalue weighted by atomic mass is 9.78. The molecule has 2 rings (SSSR count). The highest BCUT2D eigenvalue weighted by Crippen LogP contribution is 2.29. The van der Waals surface area contributed by atoms with Crippen LogP contribution >= 0.6 is 15.9 Å². The molecule has 3 N–H and O–H groups in total. The van der Waals surface area contributed by atoms with Gasteiger partial charge in [-0.05, 0) is 52.4 Å². The van der Waals surface area contributed by atoms with E-state index in [9.17, 15) is 4.79 Å². The van der Waals surface area contributed by atoms with Gasteiger partial charge in [0.05, 0.1) is 0 Å². The van der Waals surface area contributed by atoms with Gasteiger partial charge in [0.15, 0.2) is 0 Å². The number of nitrogens with two attached hydrogens (primary N) is 1. The Kier molecular flexibility index (Phi) is 4.50. The van der Waals surface area contributed by atoms with Crippen LogP contribution < -0.4 is 11.1 Å². The van der Waals surface area contributed by atoms with Gasteiger partial charge in [0.2, 0.25) is 0 Å². The molecule has 0 spiro atoms. The van der Waals surface area contributed by atoms with Gasteiger partial charge in [-0.1, -0.05) is 26.7 Å². The largest absolute Gasteiger partial charge is 0.398 e. The highest BCUT2D eigenvalue weighted by atomic mass is 79.9. The number of nitrogens with one attached hydrogen (secondary N) is 1. The zero-order valence-corrected chi connectivity index (χ0v) is 13.0. The van der Waals surface area contributed by atoms with Crippen molar-refractivity contribution in [3.63, 3.8) is 0 Å². The lowest BCUT2D eigenvalue weighted by Gasteiger charge is -2.34. The molecule has 4 heteroatoms. The fraction of sp³-hybridized carbons (Fsp3) is 0.533. The van der Waals surface area contributed by atoms with Gasteiger partial charge in [-0.3, -0.25) is 4.79 Å². The third-order valence-electron chi connectivity index (χ3n) is 4.29. The van der Waals surface area contributed by atoms with E-state index in [0.29, 0.717) is 23.1 Å². The SMILES string of the molecule is CC1CCCC(NC(=O)c2ccc(N)c(Br)c2)C1C. The lowest BCUT2D eigenvalue weighted by molar-refractivity contribution is 0.0891. The predicted molar refractivity (Wildman–Crippen MR) is 82.0 cm³/mol. The third kappa shape index (κ3) is 3.30. The summed E-state index contributed by atoms with van der Waals surface area (Å²) in [6, 6.07) is 5.59. The zero-order valence-electron chi connectivity index (χ0n) is 11.4. The minimum Gasteiger partial charge on any atom is -0.398 e. The molecule has 1 amide bonds. The van der Waals surface area contributed by atoms with Crippen molar-refractivity contribution in [1.82, 2.24) is 5.32 Å². The molecule has 3 unspecified atom stereocenters. The molecule has 1 saturated carbocycles. The van der Waals surface area contributed by atoms with Crippen LogP contribution in [-0.2, 0) is 0 Å². The fourth-order valence-electron chi connectivity index (χ4n) is 2.71. The maximum atomic E-state index is 12.3. The molecule has 1 aromatic carbocycles. The van der Waals surface area contributed by atoms with Crippen molar-refractivity contribution in [2.45, 2.75) is 39.2 Å². The summed E-state index contributed by atoms with van der Waals surface area (Å²) in [5.41, 5.74) is 7.04. The third-order valence-corrected chi connectivity index (χ3v) is 4.97. The molecule has 0 aliphatic heterocycles. The average Bonchev–Trinajstić information content (AvgIpc) is 2.38. The van der Waals surface area contributed by atoms with E-state index >= 15 is 0 Å². The smallest absolute Gasteiger partial charge is 0.251 e. The van der Waals surface area contributed by atoms with Crippen LogP contribution in [0.2, 0.25) is 0 Å². The van der Waals surface area contributed by atoms with E-state index in [1.54, 1.807) is 18.2 Å². The molecule has 3 atom stereocenters. The van der Waals surface area contributed by atoms with Gasteiger partial charge in [0.25, 0.3) is 5.91 Å². The molecule has 19 heavy (non-hydrogen) atoms. The molecular weight excluding hydrogens is 304 g/mol. The van der Waals surface area contributed by atoms with Crippen LogP contribution in [0.4, 0.5) is 5.69 Å². The Morgan fingerprint density at radius 1 is 1.37 bits per heavy atom. The summed E-state index contributed by atoms with van der Waals surface area (Å²) in [4.78, 5) is 12.3. The van der Waals surface area contributed by atoms with Crippen LogP contribution in [0.25, 0.3) is 0 Å². The van der Waals surface area contributed by atoms with Crippen molar-refractivity contribution in [3.05, 3.63) is 28.2 Å². The number of benzene rings is 1. The molecule has 104 valence electrons. The average molecular weight is 325 g/mol. The lowest BCUT2D eigenvalue weighted by Crippen LogP contribution is -2.43. The second-order valence-corrected chi connectivity index (χ2v) is 6.44. The first-order valence-electron chi connectivity index (χ1n) is 6.85. The molecule has 0 bridgehead atoms. The van der Waals surface area contributed by atoms with Crippen molar-refractivity contribution in [3.8, 4) is 0 Å². The van der Waals surface area contributed by atoms with Gasteiger partial charge in [-0.15, -0.1) is 0 Å². The molecule has 1 aromatic rings. The monoisotopic (exact) mass is 324 g/mol. The van der Waals surface area contributed by atoms with Gasteiger partial charge >= 0.3 is 0 Å². The van der Waals surface area contributed by atoms with Crippen LogP contribution in [0.1, 0.15) is 43.5 Å². The van der Waals surface area contributed by atoms with Crippen molar-refractivity contribution in [2.75, 3.05) is 5.73 Å². The van der Waals surface area contributed by atoms with Gasteiger partial charge in [0.1, 0.15) is 0 Å². The topological polar surface area (TPSA) is 55.1 Å². The van der Waals surface area contributed by atoms with E-state index in [1.165, 1.54) is 12.8 Å². The maximum absolute atomic E-state index is 12.3. The first-order chi connectivity index (χ1) is 8.99. The number of halogens is 1. The van der Waals surface area contributed by atoms with Crippen molar-refractivity contribution in [1.29, 1.82) is 0 Å². The number of carbonyl (C=O) groups is 1. The number of nitrogen functional groups attached to an aromatic ring is 1. The summed E-state index contributed by atoms with van der Waals surface area (Å²) in [5, 5.41) is 3.16. The standard InChI is InChI=1S/C15H21BrN2O/c1-9-4-3-5-14(10(9)2)18-15(19)11-6-7-13(17)12(16)8-11/h6-10,14H,3-5,17H2,1-2H3,(H,18,19). The van der Waals surface area contributed by atoms with E-state index in [-0.39, 0.29) is 11.9 Å². The number of anilines is 1. The molecule has 1 aliphatic carbocycles. The van der Waals surface area contributed by atoms with Gasteiger partial charge in [0, 0.05) is 21.8 Å². The highest BCUT2D eigenvalue weighted by molar-refractivity contribution is 9.10. The molecular formula is C15H21BrN2O. The predicted octanol–water partition coefficient (Wildman–Crippen LogP) is 3.59. The highest BCUT2D eigenvalue weighted by Gasteiger charge is 2.28. The molecule has 1 aliphatic rings. The Morgan fingerprint density at radius 2 is 2.11 bits per heavy atom. The van der Waals surface area contributed by atoms with Crippen molar-refractivity contribution < 1.29 is 4.79 Å². The number of hydrogen-bond acceptors (Lipinski definition) is 2. The quantitative estimate of drug-likeness (QED) is 0.817. The van der Waals surface area contributed by atoms with Crippen LogP contribution in [0, 0.1) is 11.8 Å². The first kappa shape index (κ1) is 14.4. The Hall–Kier alpha value is -1.03. The first-order valence-corrected chi connectivity index (χ1v) is 7.64. The summed E-state index contributed by atoms with van der Waals surface area (Å²) in [5.74, 6) is 1.21. The van der Waals surface area contributed by atoms with Crippen molar-refractivity contribution in [2.24, 2.45) is 11.8 Å². The maximum Gasteiger partial charge on any atom is 0.251 e. The Balaban J connectivity index is 2.06. The Bertz CT molecular complexity index is 475. The number of carbonyl (C=O) groups excluding carboxylic acids is 1. The van der Waals surface area contributed by atoms with E-state index in [0.717, 1.165) is 10.9 Å². The molecule has 0 saturated heterocycles. The van der Waals surface area contributed by atoms with E-state index < -0.39 is 0 Å². The fourth-order valence-corrected chi connectivity index (χ4v) is 3.08. The summed E-state index contributed by atoms with van der Waals surface area (Å²) in [7, 11) is 0. The molecule has 0 radical (unpaired) electrons. The second-order valence-electron chi connectivity index (χ2n) is 5.58. The number of amides is 1. The van der Waals surface area contributed by atoms with Gasteiger partial charge in [-0.2, -0.15) is 0 Å². The van der Waals surface area contributed by atoms with E-state index in [4.69, 9.17) is 5.73 Å². The van der Waals surface area contributed by atoms with Crippen molar-refractivity contribution >= 4 is 27.5 Å². The van der Waals surface area contributed by atoms with E-state index in [2.05, 4.69) is 35.1 Å². The minimum absolute atomic E-state index is 0.00773. The minimum atomic E-state index is -0.00773. The zero-order chi connectivity index (χ0) is 14.0. The normalized spacial score (nSPS) is 27.0. The summed E-state index contributed by atoms with van der Waals surface area (Å²) in [6.45, 7) is 4.50. The van der Waals surface area contributed by atoms with E-state index in [1.807, 2.05) is 0 Å². The molecule has 0 heterocycles. The summed E-state index contributed by atoms with van der Waals surface area (Å²) >= 11 is 3.36. The number of rotatable bonds is 2. The van der Waals surface area contributed by atoms with Crippen LogP contribution in [-0.4, -0.2) is 11.9 Å². The molecule has 3 nitrogen and oxygen atoms in total.